The molecule has 0 spiro atoms. The first-order chi connectivity index (χ1) is 11.5. The maximum absolute atomic E-state index is 13.8. The van der Waals surface area contributed by atoms with Crippen LogP contribution in [-0.2, 0) is 4.79 Å². The van der Waals surface area contributed by atoms with Crippen LogP contribution in [0.2, 0.25) is 0 Å². The lowest BCUT2D eigenvalue weighted by molar-refractivity contribution is -0.128. The molecule has 1 aliphatic rings. The molecule has 5 nitrogen and oxygen atoms in total. The van der Waals surface area contributed by atoms with Crippen LogP contribution in [0.5, 0.6) is 0 Å². The summed E-state index contributed by atoms with van der Waals surface area (Å²) in [6, 6.07) is 13.4. The molecule has 1 fully saturated rings. The SMILES string of the molecule is CC1C(=O)N(CC(O)c2ccccc2F)C(=O)N1c1ccccc1. The van der Waals surface area contributed by atoms with Crippen LogP contribution >= 0.6 is 0 Å². The summed E-state index contributed by atoms with van der Waals surface area (Å²) in [5, 5.41) is 10.2. The fourth-order valence-electron chi connectivity index (χ4n) is 2.83. The Kier molecular flexibility index (Phi) is 4.31. The molecule has 1 saturated heterocycles. The van der Waals surface area contributed by atoms with Crippen molar-refractivity contribution in [1.29, 1.82) is 0 Å². The quantitative estimate of drug-likeness (QED) is 0.878. The van der Waals surface area contributed by atoms with E-state index in [1.165, 1.54) is 23.1 Å². The number of benzene rings is 2. The van der Waals surface area contributed by atoms with Crippen molar-refractivity contribution >= 4 is 17.6 Å². The molecule has 2 atom stereocenters. The molecule has 0 saturated carbocycles. The van der Waals surface area contributed by atoms with Crippen LogP contribution in [0.3, 0.4) is 0 Å². The number of halogens is 1. The van der Waals surface area contributed by atoms with Gasteiger partial charge in [-0.25, -0.2) is 9.18 Å². The highest BCUT2D eigenvalue weighted by atomic mass is 19.1. The molecule has 2 unspecified atom stereocenters. The molecule has 2 aromatic rings. The number of anilines is 1. The zero-order chi connectivity index (χ0) is 17.3. The molecule has 2 aromatic carbocycles. The Morgan fingerprint density at radius 1 is 1.08 bits per heavy atom. The lowest BCUT2D eigenvalue weighted by Crippen LogP contribution is -2.36. The smallest absolute Gasteiger partial charge is 0.332 e. The first kappa shape index (κ1) is 16.1. The molecular weight excluding hydrogens is 311 g/mol. The summed E-state index contributed by atoms with van der Waals surface area (Å²) in [6.07, 6.45) is -1.28. The average molecular weight is 328 g/mol. The monoisotopic (exact) mass is 328 g/mol. The van der Waals surface area contributed by atoms with Gasteiger partial charge in [0.1, 0.15) is 11.9 Å². The highest BCUT2D eigenvalue weighted by Gasteiger charge is 2.44. The van der Waals surface area contributed by atoms with Gasteiger partial charge in [0.15, 0.2) is 0 Å². The van der Waals surface area contributed by atoms with Gasteiger partial charge >= 0.3 is 6.03 Å². The number of nitrogens with zero attached hydrogens (tertiary/aromatic N) is 2. The normalized spacial score (nSPS) is 19.0. The number of rotatable bonds is 4. The number of imide groups is 1. The van der Waals surface area contributed by atoms with Gasteiger partial charge in [-0.05, 0) is 25.1 Å². The van der Waals surface area contributed by atoms with E-state index in [0.29, 0.717) is 5.69 Å². The van der Waals surface area contributed by atoms with Crippen LogP contribution in [-0.4, -0.2) is 34.5 Å². The van der Waals surface area contributed by atoms with E-state index in [-0.39, 0.29) is 12.1 Å². The molecular formula is C18H17FN2O3. The van der Waals surface area contributed by atoms with Gasteiger partial charge in [-0.3, -0.25) is 14.6 Å². The Morgan fingerprint density at radius 2 is 1.71 bits per heavy atom. The zero-order valence-electron chi connectivity index (χ0n) is 13.1. The van der Waals surface area contributed by atoms with Crippen molar-refractivity contribution in [3.8, 4) is 0 Å². The molecule has 0 bridgehead atoms. The number of β-amino-alcohol motifs (C(OH)–C–C–N with tert-alkyl or cyclic N) is 1. The summed E-state index contributed by atoms with van der Waals surface area (Å²) in [7, 11) is 0. The number of carbonyl (C=O) groups is 2. The van der Waals surface area contributed by atoms with Crippen LogP contribution in [0, 0.1) is 5.82 Å². The molecule has 3 rings (SSSR count). The minimum atomic E-state index is -1.28. The van der Waals surface area contributed by atoms with Crippen LogP contribution in [0.25, 0.3) is 0 Å². The number of amides is 3. The third-order valence-electron chi connectivity index (χ3n) is 4.10. The molecule has 1 heterocycles. The second-order valence-electron chi connectivity index (χ2n) is 5.65. The fraction of sp³-hybridized carbons (Fsp3) is 0.222. The molecule has 1 aliphatic heterocycles. The van der Waals surface area contributed by atoms with E-state index in [9.17, 15) is 19.1 Å². The van der Waals surface area contributed by atoms with E-state index in [2.05, 4.69) is 0 Å². The number of hydrogen-bond donors (Lipinski definition) is 1. The first-order valence-corrected chi connectivity index (χ1v) is 7.63. The molecule has 3 amide bonds. The Bertz CT molecular complexity index is 766. The molecule has 6 heteroatoms. The zero-order valence-corrected chi connectivity index (χ0v) is 13.1. The van der Waals surface area contributed by atoms with Crippen molar-refractivity contribution in [1.82, 2.24) is 4.90 Å². The van der Waals surface area contributed by atoms with E-state index in [4.69, 9.17) is 0 Å². The van der Waals surface area contributed by atoms with Gasteiger partial charge in [0.2, 0.25) is 0 Å². The van der Waals surface area contributed by atoms with Crippen LogP contribution in [0.1, 0.15) is 18.6 Å². The van der Waals surface area contributed by atoms with Crippen molar-refractivity contribution < 1.29 is 19.1 Å². The van der Waals surface area contributed by atoms with Gasteiger partial charge in [0, 0.05) is 11.3 Å². The van der Waals surface area contributed by atoms with Crippen molar-refractivity contribution in [2.75, 3.05) is 11.4 Å². The summed E-state index contributed by atoms with van der Waals surface area (Å²) in [5.74, 6) is -0.990. The highest BCUT2D eigenvalue weighted by molar-refractivity contribution is 6.14. The molecule has 24 heavy (non-hydrogen) atoms. The minimum Gasteiger partial charge on any atom is -0.386 e. The highest BCUT2D eigenvalue weighted by Crippen LogP contribution is 2.27. The summed E-state index contributed by atoms with van der Waals surface area (Å²) in [4.78, 5) is 27.4. The van der Waals surface area contributed by atoms with E-state index in [1.54, 1.807) is 37.3 Å². The minimum absolute atomic E-state index is 0.0592. The van der Waals surface area contributed by atoms with Crippen molar-refractivity contribution in [3.63, 3.8) is 0 Å². The molecule has 0 aromatic heterocycles. The number of urea groups is 1. The number of carbonyl (C=O) groups excluding carboxylic acids is 2. The van der Waals surface area contributed by atoms with Crippen molar-refractivity contribution in [3.05, 3.63) is 66.0 Å². The third-order valence-corrected chi connectivity index (χ3v) is 4.10. The van der Waals surface area contributed by atoms with Gasteiger partial charge < -0.3 is 5.11 Å². The topological polar surface area (TPSA) is 60.9 Å². The van der Waals surface area contributed by atoms with Crippen LogP contribution in [0.4, 0.5) is 14.9 Å². The predicted octanol–water partition coefficient (Wildman–Crippen LogP) is 2.72. The number of para-hydroxylation sites is 1. The van der Waals surface area contributed by atoms with Crippen molar-refractivity contribution in [2.45, 2.75) is 19.1 Å². The van der Waals surface area contributed by atoms with Gasteiger partial charge in [-0.1, -0.05) is 36.4 Å². The molecule has 1 N–H and O–H groups in total. The van der Waals surface area contributed by atoms with E-state index >= 15 is 0 Å². The number of aliphatic hydroxyl groups excluding tert-OH is 1. The Balaban J connectivity index is 1.83. The lowest BCUT2D eigenvalue weighted by atomic mass is 10.1. The maximum Gasteiger partial charge on any atom is 0.332 e. The first-order valence-electron chi connectivity index (χ1n) is 7.63. The van der Waals surface area contributed by atoms with E-state index in [1.807, 2.05) is 6.07 Å². The largest absolute Gasteiger partial charge is 0.386 e. The van der Waals surface area contributed by atoms with Gasteiger partial charge in [0.05, 0.1) is 12.6 Å². The Morgan fingerprint density at radius 3 is 2.38 bits per heavy atom. The standard InChI is InChI=1S/C18H17FN2O3/c1-12-17(23)20(11-16(22)14-9-5-6-10-15(14)19)18(24)21(12)13-7-3-2-4-8-13/h2-10,12,16,22H,11H2,1H3. The molecule has 0 radical (unpaired) electrons. The van der Waals surface area contributed by atoms with Crippen molar-refractivity contribution in [2.24, 2.45) is 0 Å². The molecule has 124 valence electrons. The Labute approximate surface area is 138 Å². The van der Waals surface area contributed by atoms with Gasteiger partial charge in [0.25, 0.3) is 5.91 Å². The van der Waals surface area contributed by atoms with Crippen LogP contribution < -0.4 is 4.90 Å². The maximum atomic E-state index is 13.8. The lowest BCUT2D eigenvalue weighted by Gasteiger charge is -2.20. The van der Waals surface area contributed by atoms with Gasteiger partial charge in [-0.15, -0.1) is 0 Å². The Hall–Kier alpha value is -2.73. The second-order valence-corrected chi connectivity index (χ2v) is 5.65. The summed E-state index contributed by atoms with van der Waals surface area (Å²) in [6.45, 7) is 1.34. The predicted molar refractivity (Wildman–Crippen MR) is 86.9 cm³/mol. The third kappa shape index (κ3) is 2.76. The molecule has 0 aliphatic carbocycles. The average Bonchev–Trinajstić information content (AvgIpc) is 2.79. The summed E-state index contributed by atoms with van der Waals surface area (Å²) < 4.78 is 13.8. The second kappa shape index (κ2) is 6.41. The van der Waals surface area contributed by atoms with E-state index < -0.39 is 29.9 Å². The summed E-state index contributed by atoms with van der Waals surface area (Å²) >= 11 is 0. The van der Waals surface area contributed by atoms with Crippen LogP contribution in [0.15, 0.2) is 54.6 Å². The van der Waals surface area contributed by atoms with E-state index in [0.717, 1.165) is 4.90 Å². The fourth-order valence-corrected chi connectivity index (χ4v) is 2.83. The number of hydrogen-bond acceptors (Lipinski definition) is 3. The summed E-state index contributed by atoms with van der Waals surface area (Å²) in [5.41, 5.74) is 0.662. The number of aliphatic hydroxyl groups is 1. The van der Waals surface area contributed by atoms with Gasteiger partial charge in [-0.2, -0.15) is 0 Å².